The summed E-state index contributed by atoms with van der Waals surface area (Å²) >= 11 is 11.8. The molecule has 0 bridgehead atoms. The van der Waals surface area contributed by atoms with E-state index in [0.29, 0.717) is 26.2 Å². The Hall–Kier alpha value is -2.16. The zero-order chi connectivity index (χ0) is 22.9. The van der Waals surface area contributed by atoms with Crippen molar-refractivity contribution < 1.29 is 19.4 Å². The number of nitrogens with one attached hydrogen (secondary N) is 1. The van der Waals surface area contributed by atoms with Crippen LogP contribution in [0.4, 0.5) is 16.2 Å². The van der Waals surface area contributed by atoms with E-state index in [1.54, 1.807) is 4.90 Å². The lowest BCUT2D eigenvalue weighted by Gasteiger charge is -2.37. The van der Waals surface area contributed by atoms with Gasteiger partial charge >= 0.3 is 6.09 Å². The highest BCUT2D eigenvalue weighted by Gasteiger charge is 2.36. The predicted octanol–water partition coefficient (Wildman–Crippen LogP) is 3.14. The lowest BCUT2D eigenvalue weighted by atomic mass is 10.1. The van der Waals surface area contributed by atoms with Gasteiger partial charge in [0.2, 0.25) is 0 Å². The Kier molecular flexibility index (Phi) is 6.93. The Morgan fingerprint density at radius 2 is 1.87 bits per heavy atom. The standard InChI is InChI=1S/C21H28Cl2N4O4/c1-21(2,3)31-20(30)26-9-7-25(8-10-26)15-6-5-13(11-14(15)24-4)12-27-18(28)16(22)17(23)19(27)29/h5-6,11,18,24,28H,7-10,12H2,1-4H3. The molecule has 1 fully saturated rings. The maximum absolute atomic E-state index is 12.3. The molecule has 1 saturated heterocycles. The Bertz CT molecular complexity index is 892. The third kappa shape index (κ3) is 5.19. The van der Waals surface area contributed by atoms with Crippen LogP contribution in [-0.4, -0.2) is 72.0 Å². The molecule has 2 aliphatic heterocycles. The molecular formula is C21H28Cl2N4O4. The molecule has 2 amide bonds. The number of halogens is 2. The first kappa shape index (κ1) is 23.5. The van der Waals surface area contributed by atoms with Gasteiger partial charge < -0.3 is 29.9 Å². The first-order chi connectivity index (χ1) is 14.5. The Morgan fingerprint density at radius 1 is 1.23 bits per heavy atom. The van der Waals surface area contributed by atoms with Gasteiger partial charge in [0, 0.05) is 39.8 Å². The molecule has 0 spiro atoms. The van der Waals surface area contributed by atoms with Crippen LogP contribution in [0.1, 0.15) is 26.3 Å². The summed E-state index contributed by atoms with van der Waals surface area (Å²) in [4.78, 5) is 29.6. The van der Waals surface area contributed by atoms with Gasteiger partial charge in [-0.25, -0.2) is 4.79 Å². The van der Waals surface area contributed by atoms with Crippen LogP contribution in [0.25, 0.3) is 0 Å². The average molecular weight is 471 g/mol. The molecule has 2 aliphatic rings. The van der Waals surface area contributed by atoms with E-state index in [4.69, 9.17) is 27.9 Å². The molecule has 2 N–H and O–H groups in total. The molecule has 31 heavy (non-hydrogen) atoms. The van der Waals surface area contributed by atoms with Crippen LogP contribution in [0.2, 0.25) is 0 Å². The molecule has 0 saturated carbocycles. The van der Waals surface area contributed by atoms with E-state index in [1.807, 2.05) is 46.0 Å². The highest BCUT2D eigenvalue weighted by molar-refractivity contribution is 6.49. The number of nitrogens with zero attached hydrogens (tertiary/aromatic N) is 3. The van der Waals surface area contributed by atoms with Crippen molar-refractivity contribution in [3.63, 3.8) is 0 Å². The largest absolute Gasteiger partial charge is 0.444 e. The second kappa shape index (κ2) is 9.14. The summed E-state index contributed by atoms with van der Waals surface area (Å²) in [6, 6.07) is 5.79. The molecule has 2 heterocycles. The summed E-state index contributed by atoms with van der Waals surface area (Å²) in [5.41, 5.74) is 2.19. The van der Waals surface area contributed by atoms with Gasteiger partial charge in [0.15, 0.2) is 6.23 Å². The van der Waals surface area contributed by atoms with Gasteiger partial charge in [-0.15, -0.1) is 0 Å². The summed E-state index contributed by atoms with van der Waals surface area (Å²) in [6.07, 6.45) is -1.53. The summed E-state index contributed by atoms with van der Waals surface area (Å²) in [7, 11) is 1.82. The van der Waals surface area contributed by atoms with Crippen LogP contribution >= 0.6 is 23.2 Å². The number of aliphatic hydroxyl groups excluding tert-OH is 1. The van der Waals surface area contributed by atoms with Crippen molar-refractivity contribution in [1.29, 1.82) is 0 Å². The minimum Gasteiger partial charge on any atom is -0.444 e. The number of carbonyl (C=O) groups excluding carboxylic acids is 2. The molecule has 1 aromatic carbocycles. The van der Waals surface area contributed by atoms with Crippen molar-refractivity contribution >= 4 is 46.6 Å². The van der Waals surface area contributed by atoms with Crippen molar-refractivity contribution in [2.45, 2.75) is 39.1 Å². The van der Waals surface area contributed by atoms with E-state index in [-0.39, 0.29) is 22.7 Å². The van der Waals surface area contributed by atoms with E-state index < -0.39 is 17.7 Å². The van der Waals surface area contributed by atoms with Crippen molar-refractivity contribution in [2.24, 2.45) is 0 Å². The fraction of sp³-hybridized carbons (Fsp3) is 0.524. The molecule has 1 aromatic rings. The minimum absolute atomic E-state index is 0.0556. The smallest absolute Gasteiger partial charge is 0.410 e. The van der Waals surface area contributed by atoms with Crippen LogP contribution in [-0.2, 0) is 16.1 Å². The molecule has 0 aliphatic carbocycles. The van der Waals surface area contributed by atoms with Crippen LogP contribution in [0.5, 0.6) is 0 Å². The van der Waals surface area contributed by atoms with Crippen molar-refractivity contribution in [3.8, 4) is 0 Å². The number of amides is 2. The molecule has 3 rings (SSSR count). The third-order valence-electron chi connectivity index (χ3n) is 5.14. The first-order valence-electron chi connectivity index (χ1n) is 10.1. The monoisotopic (exact) mass is 470 g/mol. The third-order valence-corrected chi connectivity index (χ3v) is 5.98. The Morgan fingerprint density at radius 3 is 2.39 bits per heavy atom. The molecule has 8 nitrogen and oxygen atoms in total. The van der Waals surface area contributed by atoms with E-state index in [2.05, 4.69) is 10.2 Å². The number of hydrogen-bond acceptors (Lipinski definition) is 6. The lowest BCUT2D eigenvalue weighted by molar-refractivity contribution is -0.132. The number of anilines is 2. The zero-order valence-corrected chi connectivity index (χ0v) is 19.6. The number of aliphatic hydroxyl groups is 1. The average Bonchev–Trinajstić information content (AvgIpc) is 2.90. The number of rotatable bonds is 4. The maximum atomic E-state index is 12.3. The molecule has 1 unspecified atom stereocenters. The molecule has 0 aromatic heterocycles. The van der Waals surface area contributed by atoms with Crippen LogP contribution in [0.3, 0.4) is 0 Å². The lowest BCUT2D eigenvalue weighted by Crippen LogP contribution is -2.50. The van der Waals surface area contributed by atoms with Gasteiger partial charge in [0.1, 0.15) is 10.6 Å². The van der Waals surface area contributed by atoms with Gasteiger partial charge in [-0.2, -0.15) is 0 Å². The zero-order valence-electron chi connectivity index (χ0n) is 18.1. The minimum atomic E-state index is -1.24. The van der Waals surface area contributed by atoms with Gasteiger partial charge in [-0.3, -0.25) is 4.79 Å². The van der Waals surface area contributed by atoms with Crippen LogP contribution in [0, 0.1) is 0 Å². The molecule has 170 valence electrons. The maximum Gasteiger partial charge on any atom is 0.410 e. The van der Waals surface area contributed by atoms with E-state index in [0.717, 1.165) is 16.9 Å². The number of benzene rings is 1. The summed E-state index contributed by atoms with van der Waals surface area (Å²) in [6.45, 7) is 8.22. The molecular weight excluding hydrogens is 443 g/mol. The molecule has 0 radical (unpaired) electrons. The fourth-order valence-electron chi connectivity index (χ4n) is 3.56. The van der Waals surface area contributed by atoms with Crippen molar-refractivity contribution in [2.75, 3.05) is 43.4 Å². The van der Waals surface area contributed by atoms with Crippen molar-refractivity contribution in [3.05, 3.63) is 33.8 Å². The molecule has 1 atom stereocenters. The Labute approximate surface area is 192 Å². The second-order valence-corrected chi connectivity index (χ2v) is 9.31. The predicted molar refractivity (Wildman–Crippen MR) is 121 cm³/mol. The highest BCUT2D eigenvalue weighted by Crippen LogP contribution is 2.33. The molecule has 10 heteroatoms. The van der Waals surface area contributed by atoms with Gasteiger partial charge in [0.05, 0.1) is 16.4 Å². The number of hydrogen-bond donors (Lipinski definition) is 2. The van der Waals surface area contributed by atoms with Crippen LogP contribution < -0.4 is 10.2 Å². The highest BCUT2D eigenvalue weighted by atomic mass is 35.5. The number of ether oxygens (including phenoxy) is 1. The van der Waals surface area contributed by atoms with Gasteiger partial charge in [-0.1, -0.05) is 29.3 Å². The van der Waals surface area contributed by atoms with Gasteiger partial charge in [0.25, 0.3) is 5.91 Å². The van der Waals surface area contributed by atoms with Crippen LogP contribution in [0.15, 0.2) is 28.3 Å². The second-order valence-electron chi connectivity index (χ2n) is 8.52. The topological polar surface area (TPSA) is 85.4 Å². The summed E-state index contributed by atoms with van der Waals surface area (Å²) in [5, 5.41) is 13.1. The Balaban J connectivity index is 1.66. The summed E-state index contributed by atoms with van der Waals surface area (Å²) < 4.78 is 5.46. The fourth-order valence-corrected chi connectivity index (χ4v) is 3.96. The number of piperazine rings is 1. The quantitative estimate of drug-likeness (QED) is 0.702. The SMILES string of the molecule is CNc1cc(CN2C(=O)C(Cl)=C(Cl)C2O)ccc1N1CCN(C(=O)OC(C)(C)C)CC1. The van der Waals surface area contributed by atoms with Gasteiger partial charge in [-0.05, 0) is 38.5 Å². The van der Waals surface area contributed by atoms with E-state index >= 15 is 0 Å². The number of carbonyl (C=O) groups is 2. The van der Waals surface area contributed by atoms with E-state index in [9.17, 15) is 14.7 Å². The van der Waals surface area contributed by atoms with E-state index in [1.165, 1.54) is 4.90 Å². The first-order valence-corrected chi connectivity index (χ1v) is 10.8. The summed E-state index contributed by atoms with van der Waals surface area (Å²) in [5.74, 6) is -0.493. The normalized spacial score (nSPS) is 19.9. The van der Waals surface area contributed by atoms with Crippen molar-refractivity contribution in [1.82, 2.24) is 9.80 Å².